The first-order chi connectivity index (χ1) is 12.3. The molecule has 6 heteroatoms. The molecule has 0 aromatic carbocycles. The zero-order valence-corrected chi connectivity index (χ0v) is 15.5. The molecule has 0 spiro atoms. The molecule has 1 fully saturated rings. The number of hydrogen-bond acceptors (Lipinski definition) is 5. The van der Waals surface area contributed by atoms with Crippen LogP contribution in [0.1, 0.15) is 32.6 Å². The van der Waals surface area contributed by atoms with Crippen LogP contribution < -0.4 is 5.32 Å². The molecule has 0 bridgehead atoms. The normalized spacial score (nSPS) is 18.7. The number of nitrogens with one attached hydrogen (secondary N) is 1. The van der Waals surface area contributed by atoms with E-state index in [2.05, 4.69) is 39.6 Å². The molecule has 4 heterocycles. The summed E-state index contributed by atoms with van der Waals surface area (Å²) >= 11 is 1.71. The minimum Gasteiger partial charge on any atom is -0.369 e. The molecular formula is C19H25N5S. The number of aromatic nitrogens is 3. The Morgan fingerprint density at radius 1 is 1.28 bits per heavy atom. The molecule has 132 valence electrons. The molecule has 0 aliphatic carbocycles. The summed E-state index contributed by atoms with van der Waals surface area (Å²) in [5, 5.41) is 10.3. The van der Waals surface area contributed by atoms with Crippen LogP contribution in [-0.4, -0.2) is 45.2 Å². The molecule has 1 unspecified atom stereocenters. The Bertz CT molecular complexity index is 810. The zero-order chi connectivity index (χ0) is 17.1. The molecule has 0 amide bonds. The van der Waals surface area contributed by atoms with E-state index in [1.807, 2.05) is 22.8 Å². The Morgan fingerprint density at radius 2 is 2.24 bits per heavy atom. The fourth-order valence-corrected chi connectivity index (χ4v) is 4.27. The van der Waals surface area contributed by atoms with Crippen LogP contribution in [0.3, 0.4) is 0 Å². The molecule has 1 aliphatic rings. The lowest BCUT2D eigenvalue weighted by molar-refractivity contribution is 0.160. The molecule has 4 rings (SSSR count). The highest BCUT2D eigenvalue weighted by Gasteiger charge is 2.17. The third-order valence-electron chi connectivity index (χ3n) is 5.00. The van der Waals surface area contributed by atoms with E-state index in [-0.39, 0.29) is 0 Å². The fourth-order valence-electron chi connectivity index (χ4n) is 3.55. The van der Waals surface area contributed by atoms with E-state index in [9.17, 15) is 0 Å². The van der Waals surface area contributed by atoms with Crippen molar-refractivity contribution in [2.45, 2.75) is 38.6 Å². The van der Waals surface area contributed by atoms with Crippen molar-refractivity contribution in [1.82, 2.24) is 19.5 Å². The van der Waals surface area contributed by atoms with E-state index < -0.39 is 0 Å². The Balaban J connectivity index is 1.38. The van der Waals surface area contributed by atoms with Crippen molar-refractivity contribution in [2.24, 2.45) is 0 Å². The summed E-state index contributed by atoms with van der Waals surface area (Å²) in [6.07, 6.45) is 7.12. The van der Waals surface area contributed by atoms with Crippen LogP contribution >= 0.6 is 11.3 Å². The summed E-state index contributed by atoms with van der Waals surface area (Å²) in [6, 6.07) is 8.95. The number of imidazole rings is 1. The maximum absolute atomic E-state index is 4.73. The average molecular weight is 356 g/mol. The SMILES string of the molecule is CC1CCCCN1CCCNc1ccc2ncc(-c3cccs3)n2n1. The molecule has 1 saturated heterocycles. The van der Waals surface area contributed by atoms with Gasteiger partial charge in [0.1, 0.15) is 11.5 Å². The molecular weight excluding hydrogens is 330 g/mol. The quantitative estimate of drug-likeness (QED) is 0.675. The summed E-state index contributed by atoms with van der Waals surface area (Å²) in [5.74, 6) is 0.912. The monoisotopic (exact) mass is 355 g/mol. The minimum atomic E-state index is 0.738. The maximum Gasteiger partial charge on any atom is 0.154 e. The van der Waals surface area contributed by atoms with Gasteiger partial charge in [-0.3, -0.25) is 0 Å². The van der Waals surface area contributed by atoms with Crippen LogP contribution in [-0.2, 0) is 0 Å². The molecule has 25 heavy (non-hydrogen) atoms. The second-order valence-electron chi connectivity index (χ2n) is 6.77. The number of thiophene rings is 1. The average Bonchev–Trinajstić information content (AvgIpc) is 3.29. The second kappa shape index (κ2) is 7.54. The molecule has 1 N–H and O–H groups in total. The van der Waals surface area contributed by atoms with E-state index in [1.165, 1.54) is 37.2 Å². The van der Waals surface area contributed by atoms with Gasteiger partial charge in [0.25, 0.3) is 0 Å². The first-order valence-electron chi connectivity index (χ1n) is 9.18. The number of hydrogen-bond donors (Lipinski definition) is 1. The lowest BCUT2D eigenvalue weighted by Crippen LogP contribution is -2.38. The molecule has 5 nitrogen and oxygen atoms in total. The van der Waals surface area contributed by atoms with Gasteiger partial charge in [0, 0.05) is 19.1 Å². The van der Waals surface area contributed by atoms with Crippen LogP contribution in [0.25, 0.3) is 16.2 Å². The molecule has 0 radical (unpaired) electrons. The predicted molar refractivity (Wildman–Crippen MR) is 104 cm³/mol. The smallest absolute Gasteiger partial charge is 0.154 e. The topological polar surface area (TPSA) is 45.5 Å². The number of piperidine rings is 1. The number of likely N-dealkylation sites (tertiary alicyclic amines) is 1. The largest absolute Gasteiger partial charge is 0.369 e. The van der Waals surface area contributed by atoms with E-state index in [4.69, 9.17) is 5.10 Å². The highest BCUT2D eigenvalue weighted by molar-refractivity contribution is 7.13. The Labute approximate surface area is 152 Å². The maximum atomic E-state index is 4.73. The summed E-state index contributed by atoms with van der Waals surface area (Å²) < 4.78 is 1.93. The van der Waals surface area contributed by atoms with E-state index in [0.29, 0.717) is 0 Å². The van der Waals surface area contributed by atoms with Crippen LogP contribution in [0, 0.1) is 0 Å². The van der Waals surface area contributed by atoms with Gasteiger partial charge in [0.15, 0.2) is 5.65 Å². The summed E-state index contributed by atoms with van der Waals surface area (Å²) in [6.45, 7) is 5.73. The first-order valence-corrected chi connectivity index (χ1v) is 10.1. The van der Waals surface area contributed by atoms with E-state index in [0.717, 1.165) is 36.2 Å². The van der Waals surface area contributed by atoms with Crippen LogP contribution in [0.5, 0.6) is 0 Å². The van der Waals surface area contributed by atoms with Gasteiger partial charge in [-0.05, 0) is 56.3 Å². The van der Waals surface area contributed by atoms with Crippen LogP contribution in [0.4, 0.5) is 5.82 Å². The van der Waals surface area contributed by atoms with Gasteiger partial charge in [-0.15, -0.1) is 16.4 Å². The summed E-state index contributed by atoms with van der Waals surface area (Å²) in [5.41, 5.74) is 1.94. The lowest BCUT2D eigenvalue weighted by Gasteiger charge is -2.33. The fraction of sp³-hybridized carbons (Fsp3) is 0.474. The van der Waals surface area contributed by atoms with Crippen molar-refractivity contribution in [2.75, 3.05) is 25.0 Å². The lowest BCUT2D eigenvalue weighted by atomic mass is 10.0. The van der Waals surface area contributed by atoms with Crippen LogP contribution in [0.2, 0.25) is 0 Å². The highest BCUT2D eigenvalue weighted by atomic mass is 32.1. The van der Waals surface area contributed by atoms with Crippen molar-refractivity contribution >= 4 is 22.8 Å². The van der Waals surface area contributed by atoms with Crippen molar-refractivity contribution < 1.29 is 0 Å². The Kier molecular flexibility index (Phi) is 4.99. The van der Waals surface area contributed by atoms with Gasteiger partial charge in [-0.25, -0.2) is 9.50 Å². The summed E-state index contributed by atoms with van der Waals surface area (Å²) in [7, 11) is 0. The van der Waals surface area contributed by atoms with Gasteiger partial charge in [-0.1, -0.05) is 12.5 Å². The van der Waals surface area contributed by atoms with Gasteiger partial charge >= 0.3 is 0 Å². The summed E-state index contributed by atoms with van der Waals surface area (Å²) in [4.78, 5) is 8.26. The second-order valence-corrected chi connectivity index (χ2v) is 7.72. The Morgan fingerprint density at radius 3 is 3.08 bits per heavy atom. The predicted octanol–water partition coefficient (Wildman–Crippen LogP) is 4.13. The molecule has 0 saturated carbocycles. The molecule has 3 aromatic rings. The van der Waals surface area contributed by atoms with Crippen molar-refractivity contribution in [1.29, 1.82) is 0 Å². The molecule has 1 aliphatic heterocycles. The minimum absolute atomic E-state index is 0.738. The first kappa shape index (κ1) is 16.5. The van der Waals surface area contributed by atoms with E-state index in [1.54, 1.807) is 11.3 Å². The van der Waals surface area contributed by atoms with Gasteiger partial charge < -0.3 is 10.2 Å². The van der Waals surface area contributed by atoms with Crippen molar-refractivity contribution in [3.63, 3.8) is 0 Å². The number of nitrogens with zero attached hydrogens (tertiary/aromatic N) is 4. The van der Waals surface area contributed by atoms with E-state index >= 15 is 0 Å². The van der Waals surface area contributed by atoms with Gasteiger partial charge in [0.2, 0.25) is 0 Å². The third kappa shape index (κ3) is 3.70. The van der Waals surface area contributed by atoms with Gasteiger partial charge in [-0.2, -0.15) is 0 Å². The van der Waals surface area contributed by atoms with Crippen molar-refractivity contribution in [3.05, 3.63) is 35.8 Å². The molecule has 1 atom stereocenters. The number of rotatable bonds is 6. The zero-order valence-electron chi connectivity index (χ0n) is 14.7. The third-order valence-corrected chi connectivity index (χ3v) is 5.90. The Hall–Kier alpha value is -1.92. The standard InChI is InChI=1S/C19H25N5S/c1-15-6-2-3-11-23(15)12-5-10-20-18-8-9-19-21-14-16(24(19)22-18)17-7-4-13-25-17/h4,7-9,13-15H,2-3,5-6,10-12H2,1H3,(H,20,22). The number of fused-ring (bicyclic) bond motifs is 1. The highest BCUT2D eigenvalue weighted by Crippen LogP contribution is 2.25. The van der Waals surface area contributed by atoms with Crippen LogP contribution in [0.15, 0.2) is 35.8 Å². The molecule has 3 aromatic heterocycles. The van der Waals surface area contributed by atoms with Crippen molar-refractivity contribution in [3.8, 4) is 10.6 Å². The van der Waals surface area contributed by atoms with Gasteiger partial charge in [0.05, 0.1) is 11.1 Å². The number of anilines is 1.